The van der Waals surface area contributed by atoms with Gasteiger partial charge in [-0.15, -0.1) is 5.10 Å². The zero-order valence-corrected chi connectivity index (χ0v) is 19.0. The predicted molar refractivity (Wildman–Crippen MR) is 127 cm³/mol. The van der Waals surface area contributed by atoms with Gasteiger partial charge in [-0.2, -0.15) is 0 Å². The van der Waals surface area contributed by atoms with Gasteiger partial charge in [-0.3, -0.25) is 4.40 Å². The Bertz CT molecular complexity index is 1470. The van der Waals surface area contributed by atoms with E-state index in [1.807, 2.05) is 65.3 Å². The summed E-state index contributed by atoms with van der Waals surface area (Å²) in [5.41, 5.74) is 5.15. The van der Waals surface area contributed by atoms with Crippen LogP contribution in [0.1, 0.15) is 15.9 Å². The van der Waals surface area contributed by atoms with Crippen LogP contribution in [0.4, 0.5) is 0 Å². The molecule has 3 heterocycles. The summed E-state index contributed by atoms with van der Waals surface area (Å²) in [5.74, 6) is -0.487. The topological polar surface area (TPSA) is 74.3 Å². The Morgan fingerprint density at radius 3 is 2.67 bits per heavy atom. The molecule has 0 spiro atoms. The van der Waals surface area contributed by atoms with Crippen molar-refractivity contribution in [2.24, 2.45) is 0 Å². The fraction of sp³-hybridized carbons (Fsp3) is 0.0833. The summed E-state index contributed by atoms with van der Waals surface area (Å²) in [7, 11) is 1.32. The number of aromatic nitrogens is 5. The average Bonchev–Trinajstić information content (AvgIpc) is 3.44. The molecule has 0 N–H and O–H groups in total. The maximum absolute atomic E-state index is 12.0. The minimum absolute atomic E-state index is 0.309. The Kier molecular flexibility index (Phi) is 5.58. The molecule has 0 saturated heterocycles. The van der Waals surface area contributed by atoms with Gasteiger partial charge < -0.3 is 4.74 Å². The molecular formula is C24H17Cl2N5O2. The fourth-order valence-electron chi connectivity index (χ4n) is 3.66. The maximum atomic E-state index is 12.0. The summed E-state index contributed by atoms with van der Waals surface area (Å²) in [4.78, 5) is 16.8. The van der Waals surface area contributed by atoms with E-state index in [-0.39, 0.29) is 0 Å². The Morgan fingerprint density at radius 2 is 1.88 bits per heavy atom. The number of hydrogen-bond acceptors (Lipinski definition) is 5. The lowest BCUT2D eigenvalue weighted by Gasteiger charge is -2.06. The van der Waals surface area contributed by atoms with Crippen LogP contribution in [0.3, 0.4) is 0 Å². The van der Waals surface area contributed by atoms with Crippen LogP contribution >= 0.6 is 23.2 Å². The lowest BCUT2D eigenvalue weighted by Crippen LogP contribution is -2.05. The lowest BCUT2D eigenvalue weighted by molar-refractivity contribution is 0.0601. The van der Waals surface area contributed by atoms with Crippen molar-refractivity contribution in [3.8, 4) is 22.6 Å². The molecule has 164 valence electrons. The first-order chi connectivity index (χ1) is 16.0. The van der Waals surface area contributed by atoms with E-state index in [0.717, 1.165) is 28.2 Å². The number of hydrogen-bond donors (Lipinski definition) is 0. The van der Waals surface area contributed by atoms with Crippen molar-refractivity contribution in [2.45, 2.75) is 6.54 Å². The second kappa shape index (κ2) is 8.69. The zero-order valence-electron chi connectivity index (χ0n) is 17.4. The van der Waals surface area contributed by atoms with Gasteiger partial charge in [0.05, 0.1) is 36.1 Å². The Hall–Kier alpha value is -3.68. The van der Waals surface area contributed by atoms with Gasteiger partial charge in [-0.25, -0.2) is 14.5 Å². The second-order valence-corrected chi connectivity index (χ2v) is 8.20. The first kappa shape index (κ1) is 21.2. The Balaban J connectivity index is 1.54. The quantitative estimate of drug-likeness (QED) is 0.316. The van der Waals surface area contributed by atoms with E-state index < -0.39 is 5.97 Å². The highest BCUT2D eigenvalue weighted by Gasteiger charge is 2.19. The number of ether oxygens (including phenoxy) is 1. The van der Waals surface area contributed by atoms with Crippen LogP contribution in [0.25, 0.3) is 28.3 Å². The minimum atomic E-state index is -0.487. The summed E-state index contributed by atoms with van der Waals surface area (Å²) in [6, 6.07) is 18.6. The highest BCUT2D eigenvalue weighted by Crippen LogP contribution is 2.32. The summed E-state index contributed by atoms with van der Waals surface area (Å²) < 4.78 is 8.49. The standard InChI is InChI=1S/C24H17Cl2N5O2/c1-33-24(32)18-12-15(5-10-19(18)26)13-30-14-20(28-29-30)23-22(16-6-8-17(25)9-7-16)27-21-4-2-3-11-31(21)23/h2-12,14H,13H2,1H3. The zero-order chi connectivity index (χ0) is 22.9. The van der Waals surface area contributed by atoms with Crippen LogP contribution in [-0.4, -0.2) is 37.5 Å². The maximum Gasteiger partial charge on any atom is 0.339 e. The number of nitrogens with zero attached hydrogens (tertiary/aromatic N) is 5. The van der Waals surface area contributed by atoms with E-state index in [1.54, 1.807) is 16.8 Å². The fourth-order valence-corrected chi connectivity index (χ4v) is 3.98. The van der Waals surface area contributed by atoms with Crippen molar-refractivity contribution in [1.29, 1.82) is 0 Å². The van der Waals surface area contributed by atoms with E-state index >= 15 is 0 Å². The van der Waals surface area contributed by atoms with Crippen LogP contribution < -0.4 is 0 Å². The molecule has 33 heavy (non-hydrogen) atoms. The third-order valence-electron chi connectivity index (χ3n) is 5.21. The van der Waals surface area contributed by atoms with Gasteiger partial charge in [-0.1, -0.05) is 52.7 Å². The molecule has 0 amide bonds. The van der Waals surface area contributed by atoms with Gasteiger partial charge in [-0.05, 0) is 42.0 Å². The van der Waals surface area contributed by atoms with E-state index in [9.17, 15) is 4.79 Å². The van der Waals surface area contributed by atoms with Crippen LogP contribution in [-0.2, 0) is 11.3 Å². The van der Waals surface area contributed by atoms with Gasteiger partial charge in [0, 0.05) is 16.8 Å². The molecule has 0 bridgehead atoms. The SMILES string of the molecule is COC(=O)c1cc(Cn2cc(-c3c(-c4ccc(Cl)cc4)nc4ccccn34)nn2)ccc1Cl. The molecule has 0 radical (unpaired) electrons. The van der Waals surface area contributed by atoms with Crippen molar-refractivity contribution < 1.29 is 9.53 Å². The smallest absolute Gasteiger partial charge is 0.339 e. The van der Waals surface area contributed by atoms with Crippen LogP contribution in [0.15, 0.2) is 73.1 Å². The number of fused-ring (bicyclic) bond motifs is 1. The molecular weight excluding hydrogens is 461 g/mol. The van der Waals surface area contributed by atoms with Gasteiger partial charge in [0.2, 0.25) is 0 Å². The molecule has 0 unspecified atom stereocenters. The number of pyridine rings is 1. The van der Waals surface area contributed by atoms with Gasteiger partial charge in [0.1, 0.15) is 17.0 Å². The third-order valence-corrected chi connectivity index (χ3v) is 5.79. The van der Waals surface area contributed by atoms with Crippen LogP contribution in [0.2, 0.25) is 10.0 Å². The molecule has 5 aromatic rings. The first-order valence-electron chi connectivity index (χ1n) is 10.0. The molecule has 0 aliphatic heterocycles. The third kappa shape index (κ3) is 4.08. The van der Waals surface area contributed by atoms with Crippen molar-refractivity contribution >= 4 is 34.8 Å². The molecule has 9 heteroatoms. The number of carbonyl (C=O) groups is 1. The van der Waals surface area contributed by atoms with Crippen molar-refractivity contribution in [3.63, 3.8) is 0 Å². The average molecular weight is 478 g/mol. The lowest BCUT2D eigenvalue weighted by atomic mass is 10.1. The molecule has 3 aromatic heterocycles. The van der Waals surface area contributed by atoms with E-state index in [2.05, 4.69) is 10.3 Å². The molecule has 0 saturated carbocycles. The van der Waals surface area contributed by atoms with Crippen molar-refractivity contribution in [1.82, 2.24) is 24.4 Å². The Morgan fingerprint density at radius 1 is 1.06 bits per heavy atom. The number of carbonyl (C=O) groups excluding carboxylic acids is 1. The highest BCUT2D eigenvalue weighted by atomic mass is 35.5. The summed E-state index contributed by atoms with van der Waals surface area (Å²) in [6.07, 6.45) is 3.79. The van der Waals surface area contributed by atoms with E-state index in [0.29, 0.717) is 27.8 Å². The number of halogens is 2. The molecule has 2 aromatic carbocycles. The number of methoxy groups -OCH3 is 1. The molecule has 0 aliphatic rings. The van der Waals surface area contributed by atoms with Gasteiger partial charge in [0.25, 0.3) is 0 Å². The number of rotatable bonds is 5. The van der Waals surface area contributed by atoms with Crippen molar-refractivity contribution in [2.75, 3.05) is 7.11 Å². The monoisotopic (exact) mass is 477 g/mol. The molecule has 0 atom stereocenters. The van der Waals surface area contributed by atoms with Gasteiger partial charge in [0.15, 0.2) is 0 Å². The highest BCUT2D eigenvalue weighted by molar-refractivity contribution is 6.33. The van der Waals surface area contributed by atoms with Crippen LogP contribution in [0, 0.1) is 0 Å². The summed E-state index contributed by atoms with van der Waals surface area (Å²) in [5, 5.41) is 9.70. The summed E-state index contributed by atoms with van der Waals surface area (Å²) >= 11 is 12.2. The number of esters is 1. The molecule has 7 nitrogen and oxygen atoms in total. The van der Waals surface area contributed by atoms with E-state index in [4.69, 9.17) is 32.9 Å². The normalized spacial score (nSPS) is 11.1. The number of benzene rings is 2. The minimum Gasteiger partial charge on any atom is -0.465 e. The molecule has 5 rings (SSSR count). The van der Waals surface area contributed by atoms with Crippen molar-refractivity contribution in [3.05, 3.63) is 94.2 Å². The molecule has 0 fully saturated rings. The summed E-state index contributed by atoms with van der Waals surface area (Å²) in [6.45, 7) is 0.404. The molecule has 0 aliphatic carbocycles. The first-order valence-corrected chi connectivity index (χ1v) is 10.8. The largest absolute Gasteiger partial charge is 0.465 e. The van der Waals surface area contributed by atoms with Gasteiger partial charge >= 0.3 is 5.97 Å². The second-order valence-electron chi connectivity index (χ2n) is 7.35. The van der Waals surface area contributed by atoms with E-state index in [1.165, 1.54) is 7.11 Å². The predicted octanol–water partition coefficient (Wildman–Crippen LogP) is 5.40. The Labute approximate surface area is 199 Å². The number of imidazole rings is 1. The van der Waals surface area contributed by atoms with Crippen LogP contribution in [0.5, 0.6) is 0 Å².